The van der Waals surface area contributed by atoms with Gasteiger partial charge >= 0.3 is 7.82 Å². The summed E-state index contributed by atoms with van der Waals surface area (Å²) in [5.74, 6) is 0. The summed E-state index contributed by atoms with van der Waals surface area (Å²) in [7, 11) is -0.687. The summed E-state index contributed by atoms with van der Waals surface area (Å²) in [6, 6.07) is 0. The molecular formula is C7H15O5P. The Balaban J connectivity index is 2.40. The van der Waals surface area contributed by atoms with E-state index in [1.54, 1.807) is 0 Å². The first-order chi connectivity index (χ1) is 6.20. The molecule has 1 rings (SSSR count). The molecule has 0 aromatic heterocycles. The van der Waals surface area contributed by atoms with Crippen LogP contribution in [0.1, 0.15) is 12.8 Å². The number of phosphoric ester groups is 1. The van der Waals surface area contributed by atoms with Crippen LogP contribution in [0.4, 0.5) is 0 Å². The maximum Gasteiger partial charge on any atom is 0.474 e. The van der Waals surface area contributed by atoms with E-state index in [4.69, 9.17) is 9.26 Å². The van der Waals surface area contributed by atoms with Gasteiger partial charge in [0.05, 0.1) is 6.10 Å². The van der Waals surface area contributed by atoms with E-state index in [2.05, 4.69) is 9.05 Å². The third kappa shape index (κ3) is 3.37. The molecule has 6 heteroatoms. The van der Waals surface area contributed by atoms with Crippen molar-refractivity contribution in [3.63, 3.8) is 0 Å². The fourth-order valence-electron chi connectivity index (χ4n) is 1.12. The molecule has 1 aliphatic rings. The van der Waals surface area contributed by atoms with E-state index in [0.29, 0.717) is 13.2 Å². The number of phosphoric acid groups is 1. The van der Waals surface area contributed by atoms with Gasteiger partial charge in [-0.25, -0.2) is 4.57 Å². The van der Waals surface area contributed by atoms with Gasteiger partial charge in [-0.05, 0) is 12.8 Å². The number of hydrogen-bond acceptors (Lipinski definition) is 5. The van der Waals surface area contributed by atoms with E-state index in [9.17, 15) is 4.57 Å². The van der Waals surface area contributed by atoms with E-state index >= 15 is 0 Å². The van der Waals surface area contributed by atoms with Crippen molar-refractivity contribution < 1.29 is 22.9 Å². The second-order valence-corrected chi connectivity index (χ2v) is 4.57. The van der Waals surface area contributed by atoms with E-state index in [1.165, 1.54) is 14.2 Å². The van der Waals surface area contributed by atoms with Gasteiger partial charge in [0, 0.05) is 27.4 Å². The summed E-state index contributed by atoms with van der Waals surface area (Å²) < 4.78 is 31.2. The first-order valence-electron chi connectivity index (χ1n) is 4.18. The average Bonchev–Trinajstić information content (AvgIpc) is 2.19. The fraction of sp³-hybridized carbons (Fsp3) is 1.00. The lowest BCUT2D eigenvalue weighted by Crippen LogP contribution is -2.22. The first-order valence-corrected chi connectivity index (χ1v) is 5.64. The van der Waals surface area contributed by atoms with Crippen LogP contribution in [0.3, 0.4) is 0 Å². The van der Waals surface area contributed by atoms with Gasteiger partial charge < -0.3 is 4.74 Å². The molecule has 1 saturated heterocycles. The van der Waals surface area contributed by atoms with E-state index in [1.807, 2.05) is 0 Å². The van der Waals surface area contributed by atoms with Crippen molar-refractivity contribution in [2.45, 2.75) is 18.9 Å². The molecule has 0 radical (unpaired) electrons. The van der Waals surface area contributed by atoms with Gasteiger partial charge in [0.2, 0.25) is 0 Å². The molecule has 0 unspecified atom stereocenters. The lowest BCUT2D eigenvalue weighted by atomic mass is 10.2. The van der Waals surface area contributed by atoms with Gasteiger partial charge in [-0.3, -0.25) is 13.6 Å². The SMILES string of the molecule is COP(=O)(OC)OC1CCOCC1. The fourth-order valence-corrected chi connectivity index (χ4v) is 2.02. The minimum Gasteiger partial charge on any atom is -0.381 e. The Kier molecular flexibility index (Phi) is 4.35. The van der Waals surface area contributed by atoms with Gasteiger partial charge in [-0.2, -0.15) is 0 Å². The predicted octanol–water partition coefficient (Wildman–Crippen LogP) is 1.58. The predicted molar refractivity (Wildman–Crippen MR) is 46.6 cm³/mol. The molecule has 0 aromatic carbocycles. The molecule has 0 spiro atoms. The third-order valence-corrected chi connectivity index (χ3v) is 3.34. The van der Waals surface area contributed by atoms with Crippen molar-refractivity contribution in [1.29, 1.82) is 0 Å². The Morgan fingerprint density at radius 3 is 2.23 bits per heavy atom. The molecule has 0 bridgehead atoms. The third-order valence-electron chi connectivity index (χ3n) is 1.89. The summed E-state index contributed by atoms with van der Waals surface area (Å²) in [5, 5.41) is 0. The van der Waals surface area contributed by atoms with Crippen molar-refractivity contribution >= 4 is 7.82 Å². The zero-order valence-corrected chi connectivity index (χ0v) is 8.79. The largest absolute Gasteiger partial charge is 0.474 e. The van der Waals surface area contributed by atoms with Crippen molar-refractivity contribution in [3.8, 4) is 0 Å². The summed E-state index contributed by atoms with van der Waals surface area (Å²) in [6.45, 7) is 1.27. The van der Waals surface area contributed by atoms with Crippen LogP contribution in [-0.2, 0) is 22.9 Å². The molecular weight excluding hydrogens is 195 g/mol. The van der Waals surface area contributed by atoms with Crippen LogP contribution >= 0.6 is 7.82 Å². The van der Waals surface area contributed by atoms with Crippen LogP contribution in [0, 0.1) is 0 Å². The molecule has 5 nitrogen and oxygen atoms in total. The van der Waals surface area contributed by atoms with Gasteiger partial charge in [0.1, 0.15) is 0 Å². The molecule has 1 heterocycles. The molecule has 0 atom stereocenters. The Morgan fingerprint density at radius 1 is 1.23 bits per heavy atom. The van der Waals surface area contributed by atoms with Crippen molar-refractivity contribution in [2.75, 3.05) is 27.4 Å². The molecule has 13 heavy (non-hydrogen) atoms. The highest BCUT2D eigenvalue weighted by Crippen LogP contribution is 2.49. The standard InChI is InChI=1S/C7H15O5P/c1-9-13(8,10-2)12-7-3-5-11-6-4-7/h7H,3-6H2,1-2H3. The van der Waals surface area contributed by atoms with Gasteiger partial charge in [0.25, 0.3) is 0 Å². The normalized spacial score (nSPS) is 20.5. The highest BCUT2D eigenvalue weighted by molar-refractivity contribution is 7.48. The molecule has 0 amide bonds. The molecule has 1 aliphatic heterocycles. The summed E-state index contributed by atoms with van der Waals surface area (Å²) in [5.41, 5.74) is 0. The summed E-state index contributed by atoms with van der Waals surface area (Å²) in [6.07, 6.45) is 1.38. The molecule has 0 saturated carbocycles. The average molecular weight is 210 g/mol. The second-order valence-electron chi connectivity index (χ2n) is 2.73. The van der Waals surface area contributed by atoms with Crippen LogP contribution in [0.2, 0.25) is 0 Å². The van der Waals surface area contributed by atoms with Crippen molar-refractivity contribution in [2.24, 2.45) is 0 Å². The quantitative estimate of drug-likeness (QED) is 0.659. The lowest BCUT2D eigenvalue weighted by molar-refractivity contribution is 0.00709. The van der Waals surface area contributed by atoms with Crippen LogP contribution < -0.4 is 0 Å². The summed E-state index contributed by atoms with van der Waals surface area (Å²) >= 11 is 0. The minimum atomic E-state index is -3.31. The number of ether oxygens (including phenoxy) is 1. The topological polar surface area (TPSA) is 54.0 Å². The lowest BCUT2D eigenvalue weighted by Gasteiger charge is -2.24. The maximum atomic E-state index is 11.5. The Hall–Kier alpha value is 0.0700. The van der Waals surface area contributed by atoms with Crippen LogP contribution in [0.25, 0.3) is 0 Å². The molecule has 0 N–H and O–H groups in total. The van der Waals surface area contributed by atoms with Crippen LogP contribution in [0.15, 0.2) is 0 Å². The van der Waals surface area contributed by atoms with Crippen molar-refractivity contribution in [3.05, 3.63) is 0 Å². The van der Waals surface area contributed by atoms with Crippen LogP contribution in [0.5, 0.6) is 0 Å². The summed E-state index contributed by atoms with van der Waals surface area (Å²) in [4.78, 5) is 0. The van der Waals surface area contributed by atoms with Gasteiger partial charge in [-0.15, -0.1) is 0 Å². The molecule has 1 fully saturated rings. The highest BCUT2D eigenvalue weighted by atomic mass is 31.2. The second kappa shape index (κ2) is 5.08. The molecule has 0 aromatic rings. The molecule has 78 valence electrons. The Morgan fingerprint density at radius 2 is 1.77 bits per heavy atom. The maximum absolute atomic E-state index is 11.5. The van der Waals surface area contributed by atoms with Gasteiger partial charge in [0.15, 0.2) is 0 Å². The minimum absolute atomic E-state index is 0.0838. The van der Waals surface area contributed by atoms with E-state index in [0.717, 1.165) is 12.8 Å². The number of hydrogen-bond donors (Lipinski definition) is 0. The number of rotatable bonds is 4. The van der Waals surface area contributed by atoms with E-state index < -0.39 is 7.82 Å². The Labute approximate surface area is 77.9 Å². The van der Waals surface area contributed by atoms with Gasteiger partial charge in [-0.1, -0.05) is 0 Å². The van der Waals surface area contributed by atoms with E-state index in [-0.39, 0.29) is 6.10 Å². The highest BCUT2D eigenvalue weighted by Gasteiger charge is 2.28. The smallest absolute Gasteiger partial charge is 0.381 e. The monoisotopic (exact) mass is 210 g/mol. The van der Waals surface area contributed by atoms with Crippen molar-refractivity contribution in [1.82, 2.24) is 0 Å². The molecule has 0 aliphatic carbocycles. The zero-order valence-electron chi connectivity index (χ0n) is 7.89. The zero-order chi connectivity index (χ0) is 9.73. The first kappa shape index (κ1) is 11.1. The Bertz CT molecular complexity index is 181. The van der Waals surface area contributed by atoms with Crippen LogP contribution in [-0.4, -0.2) is 33.5 Å².